The number of aromatic nitrogens is 5. The number of ketones is 1. The van der Waals surface area contributed by atoms with E-state index in [1.54, 1.807) is 0 Å². The lowest BCUT2D eigenvalue weighted by atomic mass is 9.98. The van der Waals surface area contributed by atoms with Gasteiger partial charge in [0.2, 0.25) is 5.78 Å². The average molecular weight is 419 g/mol. The van der Waals surface area contributed by atoms with Crippen LogP contribution in [0.3, 0.4) is 0 Å². The average Bonchev–Trinajstić information content (AvgIpc) is 3.24. The van der Waals surface area contributed by atoms with Gasteiger partial charge < -0.3 is 15.2 Å². The number of hydrogen-bond acceptors (Lipinski definition) is 7. The fourth-order valence-electron chi connectivity index (χ4n) is 4.23. The van der Waals surface area contributed by atoms with E-state index in [1.807, 2.05) is 32.1 Å². The lowest BCUT2D eigenvalue weighted by molar-refractivity contribution is 0.102. The standard InChI is InChI=1S/C22H26N8O/c1-13-19(14(2)29-28-13)17-12-15(6-8-24-17)20(31)22-25-16-4-5-18(26-21(16)27-22)30-10-3-7-23-9-11-30/h4-5,12,23H,3,6-11H2,1-2H3,(H,28,29)(H,25,26,27). The van der Waals surface area contributed by atoms with Crippen LogP contribution < -0.4 is 10.2 Å². The lowest BCUT2D eigenvalue weighted by Crippen LogP contribution is -2.28. The molecule has 3 N–H and O–H groups in total. The lowest BCUT2D eigenvalue weighted by Gasteiger charge is -2.20. The zero-order valence-electron chi connectivity index (χ0n) is 17.8. The van der Waals surface area contributed by atoms with Gasteiger partial charge in [0.15, 0.2) is 11.5 Å². The number of carbonyl (C=O) groups excluding carboxylic acids is 1. The molecule has 0 aliphatic carbocycles. The molecule has 0 radical (unpaired) electrons. The van der Waals surface area contributed by atoms with Crippen molar-refractivity contribution in [3.8, 4) is 0 Å². The molecule has 9 heteroatoms. The third-order valence-corrected chi connectivity index (χ3v) is 5.86. The number of carbonyl (C=O) groups is 1. The Hall–Kier alpha value is -3.33. The van der Waals surface area contributed by atoms with Crippen LogP contribution in [-0.2, 0) is 0 Å². The molecule has 0 aromatic carbocycles. The number of aryl methyl sites for hydroxylation is 2. The molecule has 1 fully saturated rings. The normalized spacial score (nSPS) is 17.4. The summed E-state index contributed by atoms with van der Waals surface area (Å²) < 4.78 is 0. The number of imidazole rings is 1. The summed E-state index contributed by atoms with van der Waals surface area (Å²) in [6.45, 7) is 8.32. The highest BCUT2D eigenvalue weighted by Crippen LogP contribution is 2.22. The van der Waals surface area contributed by atoms with Crippen molar-refractivity contribution in [2.24, 2.45) is 4.99 Å². The van der Waals surface area contributed by atoms with Crippen LogP contribution >= 0.6 is 0 Å². The van der Waals surface area contributed by atoms with Crippen LogP contribution in [0.4, 0.5) is 5.82 Å². The molecule has 2 aliphatic rings. The number of aromatic amines is 2. The second-order valence-electron chi connectivity index (χ2n) is 8.04. The van der Waals surface area contributed by atoms with Gasteiger partial charge in [-0.25, -0.2) is 9.97 Å². The van der Waals surface area contributed by atoms with E-state index in [0.717, 1.165) is 66.6 Å². The van der Waals surface area contributed by atoms with Crippen LogP contribution in [0, 0.1) is 13.8 Å². The van der Waals surface area contributed by atoms with Crippen molar-refractivity contribution >= 4 is 28.5 Å². The topological polar surface area (TPSA) is 115 Å². The third kappa shape index (κ3) is 3.76. The molecule has 0 spiro atoms. The fraction of sp³-hybridized carbons (Fsp3) is 0.409. The minimum atomic E-state index is -0.107. The Morgan fingerprint density at radius 2 is 2.03 bits per heavy atom. The highest BCUT2D eigenvalue weighted by atomic mass is 16.1. The molecule has 9 nitrogen and oxygen atoms in total. The summed E-state index contributed by atoms with van der Waals surface area (Å²) >= 11 is 0. The molecule has 31 heavy (non-hydrogen) atoms. The van der Waals surface area contributed by atoms with E-state index in [9.17, 15) is 4.79 Å². The second-order valence-corrected chi connectivity index (χ2v) is 8.04. The SMILES string of the molecule is Cc1n[nH]c(C)c1C1=NCCC(C(=O)c2nc3nc(N4CCCNCC4)ccc3[nH]2)=C1. The van der Waals surface area contributed by atoms with Crippen molar-refractivity contribution in [1.82, 2.24) is 30.5 Å². The van der Waals surface area contributed by atoms with Crippen molar-refractivity contribution < 1.29 is 4.79 Å². The van der Waals surface area contributed by atoms with Crippen molar-refractivity contribution in [1.29, 1.82) is 0 Å². The summed E-state index contributed by atoms with van der Waals surface area (Å²) in [5, 5.41) is 10.6. The monoisotopic (exact) mass is 418 g/mol. The summed E-state index contributed by atoms with van der Waals surface area (Å²) in [5.74, 6) is 1.12. The predicted octanol–water partition coefficient (Wildman–Crippen LogP) is 2.10. The van der Waals surface area contributed by atoms with E-state index in [1.165, 1.54) is 0 Å². The van der Waals surface area contributed by atoms with Crippen LogP contribution in [0.2, 0.25) is 0 Å². The molecule has 2 aliphatic heterocycles. The number of H-pyrrole nitrogens is 2. The van der Waals surface area contributed by atoms with E-state index in [0.29, 0.717) is 30.0 Å². The van der Waals surface area contributed by atoms with Gasteiger partial charge in [-0.1, -0.05) is 0 Å². The molecule has 160 valence electrons. The largest absolute Gasteiger partial charge is 0.355 e. The number of Topliss-reactive ketones (excluding diaryl/α,β-unsaturated/α-hetero) is 1. The van der Waals surface area contributed by atoms with Gasteiger partial charge in [-0.2, -0.15) is 5.10 Å². The van der Waals surface area contributed by atoms with Crippen molar-refractivity contribution in [2.75, 3.05) is 37.6 Å². The number of fused-ring (bicyclic) bond motifs is 1. The first kappa shape index (κ1) is 19.6. The fourth-order valence-corrected chi connectivity index (χ4v) is 4.23. The number of aliphatic imine (C=N–C) groups is 1. The molecule has 0 bridgehead atoms. The van der Waals surface area contributed by atoms with Crippen molar-refractivity contribution in [3.63, 3.8) is 0 Å². The van der Waals surface area contributed by atoms with Gasteiger partial charge in [0.25, 0.3) is 0 Å². The smallest absolute Gasteiger partial charge is 0.224 e. The van der Waals surface area contributed by atoms with Crippen LogP contribution in [-0.4, -0.2) is 69.4 Å². The Kier molecular flexibility index (Phi) is 5.11. The summed E-state index contributed by atoms with van der Waals surface area (Å²) in [7, 11) is 0. The number of dihydropyridines is 1. The Balaban J connectivity index is 1.42. The summed E-state index contributed by atoms with van der Waals surface area (Å²) in [5.41, 5.74) is 5.63. The molecule has 0 saturated carbocycles. The Morgan fingerprint density at radius 1 is 1.13 bits per heavy atom. The molecular formula is C22H26N8O. The van der Waals surface area contributed by atoms with Gasteiger partial charge in [0, 0.05) is 43.0 Å². The minimum absolute atomic E-state index is 0.107. The molecule has 5 heterocycles. The number of nitrogens with zero attached hydrogens (tertiary/aromatic N) is 5. The summed E-state index contributed by atoms with van der Waals surface area (Å²) in [6, 6.07) is 3.95. The zero-order chi connectivity index (χ0) is 21.4. The zero-order valence-corrected chi connectivity index (χ0v) is 17.8. The van der Waals surface area contributed by atoms with E-state index in [-0.39, 0.29) is 5.78 Å². The second kappa shape index (κ2) is 8.07. The van der Waals surface area contributed by atoms with Gasteiger partial charge in [-0.05, 0) is 51.4 Å². The van der Waals surface area contributed by atoms with Crippen molar-refractivity contribution in [2.45, 2.75) is 26.7 Å². The Morgan fingerprint density at radius 3 is 2.87 bits per heavy atom. The van der Waals surface area contributed by atoms with Gasteiger partial charge in [-0.3, -0.25) is 14.9 Å². The number of hydrogen-bond donors (Lipinski definition) is 3. The van der Waals surface area contributed by atoms with Gasteiger partial charge in [-0.15, -0.1) is 0 Å². The first-order valence-corrected chi connectivity index (χ1v) is 10.7. The van der Waals surface area contributed by atoms with Crippen LogP contribution in [0.15, 0.2) is 28.8 Å². The number of allylic oxidation sites excluding steroid dienone is 1. The van der Waals surface area contributed by atoms with E-state index >= 15 is 0 Å². The molecule has 3 aromatic rings. The highest BCUT2D eigenvalue weighted by molar-refractivity contribution is 6.17. The van der Waals surface area contributed by atoms with Gasteiger partial charge in [0.05, 0.1) is 16.9 Å². The maximum atomic E-state index is 13.2. The van der Waals surface area contributed by atoms with Crippen LogP contribution in [0.5, 0.6) is 0 Å². The first-order chi connectivity index (χ1) is 15.1. The molecular weight excluding hydrogens is 392 g/mol. The van der Waals surface area contributed by atoms with Gasteiger partial charge in [0.1, 0.15) is 5.82 Å². The summed E-state index contributed by atoms with van der Waals surface area (Å²) in [4.78, 5) is 32.5. The highest BCUT2D eigenvalue weighted by Gasteiger charge is 2.22. The Bertz CT molecular complexity index is 1170. The van der Waals surface area contributed by atoms with Crippen LogP contribution in [0.1, 0.15) is 40.4 Å². The molecule has 0 amide bonds. The number of nitrogens with one attached hydrogen (secondary N) is 3. The van der Waals surface area contributed by atoms with E-state index in [2.05, 4.69) is 35.4 Å². The Labute approximate surface area is 180 Å². The quantitative estimate of drug-likeness (QED) is 0.559. The van der Waals surface area contributed by atoms with E-state index < -0.39 is 0 Å². The third-order valence-electron chi connectivity index (χ3n) is 5.86. The maximum absolute atomic E-state index is 13.2. The van der Waals surface area contributed by atoms with Crippen molar-refractivity contribution in [3.05, 3.63) is 46.6 Å². The molecule has 0 atom stereocenters. The molecule has 0 unspecified atom stereocenters. The number of rotatable bonds is 4. The minimum Gasteiger partial charge on any atom is -0.355 e. The number of anilines is 1. The van der Waals surface area contributed by atoms with E-state index in [4.69, 9.17) is 4.98 Å². The first-order valence-electron chi connectivity index (χ1n) is 10.7. The molecule has 3 aromatic heterocycles. The van der Waals surface area contributed by atoms with Gasteiger partial charge >= 0.3 is 0 Å². The number of pyridine rings is 1. The summed E-state index contributed by atoms with van der Waals surface area (Å²) in [6.07, 6.45) is 3.54. The molecule has 1 saturated heterocycles. The van der Waals surface area contributed by atoms with Crippen LogP contribution in [0.25, 0.3) is 11.2 Å². The predicted molar refractivity (Wildman–Crippen MR) is 120 cm³/mol. The maximum Gasteiger partial charge on any atom is 0.224 e. The molecule has 5 rings (SSSR count).